The van der Waals surface area contributed by atoms with Gasteiger partial charge < -0.3 is 4.98 Å². The number of aromatic nitrogens is 2. The van der Waals surface area contributed by atoms with Crippen LogP contribution in [0.25, 0.3) is 11.0 Å². The average Bonchev–Trinajstić information content (AvgIpc) is 2.73. The number of H-pyrrole nitrogens is 1. The van der Waals surface area contributed by atoms with Gasteiger partial charge in [-0.15, -0.1) is 0 Å². The van der Waals surface area contributed by atoms with E-state index in [2.05, 4.69) is 9.88 Å². The zero-order valence-electron chi connectivity index (χ0n) is 17.8. The number of rotatable bonds is 2. The molecule has 160 valence electrons. The van der Waals surface area contributed by atoms with Crippen molar-refractivity contribution in [2.24, 2.45) is 11.8 Å². The van der Waals surface area contributed by atoms with Gasteiger partial charge in [0.1, 0.15) is 0 Å². The van der Waals surface area contributed by atoms with Crippen LogP contribution in [0.15, 0.2) is 33.9 Å². The van der Waals surface area contributed by atoms with E-state index < -0.39 is 5.56 Å². The number of nitrogens with zero attached hydrogens (tertiary/aromatic N) is 2. The Morgan fingerprint density at radius 3 is 2.13 bits per heavy atom. The van der Waals surface area contributed by atoms with Crippen LogP contribution in [-0.2, 0) is 0 Å². The number of hydrogen-bond acceptors (Lipinski definition) is 3. The Hall–Kier alpha value is -1.88. The highest BCUT2D eigenvalue weighted by molar-refractivity contribution is 5.74. The first-order valence-corrected chi connectivity index (χ1v) is 12.2. The van der Waals surface area contributed by atoms with E-state index in [9.17, 15) is 9.59 Å². The van der Waals surface area contributed by atoms with Crippen molar-refractivity contribution in [1.29, 1.82) is 0 Å². The molecule has 6 rings (SSSR count). The Labute approximate surface area is 177 Å². The molecule has 0 radical (unpaired) electrons. The van der Waals surface area contributed by atoms with Crippen molar-refractivity contribution in [1.82, 2.24) is 14.5 Å². The fraction of sp³-hybridized carbons (Fsp3) is 0.680. The maximum absolute atomic E-state index is 12.9. The van der Waals surface area contributed by atoms with Gasteiger partial charge in [-0.2, -0.15) is 0 Å². The van der Waals surface area contributed by atoms with Crippen LogP contribution in [0.4, 0.5) is 0 Å². The van der Waals surface area contributed by atoms with Crippen molar-refractivity contribution in [3.05, 3.63) is 45.0 Å². The van der Waals surface area contributed by atoms with Gasteiger partial charge in [-0.05, 0) is 68.9 Å². The Morgan fingerprint density at radius 1 is 0.733 bits per heavy atom. The van der Waals surface area contributed by atoms with E-state index in [1.54, 1.807) is 0 Å². The van der Waals surface area contributed by atoms with E-state index in [0.29, 0.717) is 12.1 Å². The Kier molecular flexibility index (Phi) is 4.63. The van der Waals surface area contributed by atoms with Crippen LogP contribution in [0.5, 0.6) is 0 Å². The average molecular weight is 408 g/mol. The molecule has 30 heavy (non-hydrogen) atoms. The van der Waals surface area contributed by atoms with Crippen LogP contribution in [0, 0.1) is 11.8 Å². The molecule has 0 spiro atoms. The van der Waals surface area contributed by atoms with E-state index in [-0.39, 0.29) is 11.6 Å². The summed E-state index contributed by atoms with van der Waals surface area (Å²) < 4.78 is 1.84. The molecule has 6 atom stereocenters. The summed E-state index contributed by atoms with van der Waals surface area (Å²) in [5.41, 5.74) is 0.791. The summed E-state index contributed by atoms with van der Waals surface area (Å²) in [6.07, 6.45) is 14.4. The van der Waals surface area contributed by atoms with E-state index >= 15 is 0 Å². The van der Waals surface area contributed by atoms with Crippen molar-refractivity contribution in [2.75, 3.05) is 0 Å². The van der Waals surface area contributed by atoms with Gasteiger partial charge in [0.25, 0.3) is 0 Å². The molecule has 2 aliphatic carbocycles. The molecule has 2 saturated carbocycles. The lowest BCUT2D eigenvalue weighted by atomic mass is 9.68. The maximum Gasteiger partial charge on any atom is 0.316 e. The zero-order valence-corrected chi connectivity index (χ0v) is 17.8. The van der Waals surface area contributed by atoms with Gasteiger partial charge in [-0.1, -0.05) is 37.8 Å². The molecule has 0 amide bonds. The van der Waals surface area contributed by atoms with Crippen molar-refractivity contribution < 1.29 is 0 Å². The van der Waals surface area contributed by atoms with Crippen LogP contribution in [0.3, 0.4) is 0 Å². The second-order valence-electron chi connectivity index (χ2n) is 10.5. The summed E-state index contributed by atoms with van der Waals surface area (Å²) in [7, 11) is 0. The van der Waals surface area contributed by atoms with Crippen molar-refractivity contribution in [2.45, 2.75) is 94.8 Å². The number of aromatic amines is 1. The zero-order chi connectivity index (χ0) is 20.2. The molecule has 5 nitrogen and oxygen atoms in total. The van der Waals surface area contributed by atoms with Crippen molar-refractivity contribution in [3.63, 3.8) is 0 Å². The molecule has 2 aliphatic heterocycles. The minimum Gasteiger partial charge on any atom is -0.316 e. The third-order valence-electron chi connectivity index (χ3n) is 8.72. The van der Waals surface area contributed by atoms with Gasteiger partial charge in [0.15, 0.2) is 0 Å². The highest BCUT2D eigenvalue weighted by atomic mass is 16.2. The Morgan fingerprint density at radius 2 is 1.40 bits per heavy atom. The van der Waals surface area contributed by atoms with Crippen LogP contribution >= 0.6 is 0 Å². The first-order valence-electron chi connectivity index (χ1n) is 12.2. The highest BCUT2D eigenvalue weighted by Gasteiger charge is 2.45. The largest absolute Gasteiger partial charge is 0.316 e. The third-order valence-corrected chi connectivity index (χ3v) is 8.72. The van der Waals surface area contributed by atoms with Gasteiger partial charge in [0, 0.05) is 24.2 Å². The van der Waals surface area contributed by atoms with Crippen LogP contribution < -0.4 is 11.1 Å². The van der Waals surface area contributed by atoms with Gasteiger partial charge in [-0.3, -0.25) is 19.1 Å². The number of piperidine rings is 2. The molecule has 1 aromatic heterocycles. The number of nitrogens with one attached hydrogen (secondary N) is 1. The molecule has 1 N–H and O–H groups in total. The fourth-order valence-corrected chi connectivity index (χ4v) is 7.68. The lowest BCUT2D eigenvalue weighted by molar-refractivity contribution is -0.0486. The standard InChI is InChI=1S/C25H33N3O2/c29-24-25(30)28(23-10-2-1-9-22(23)26-24)21-14-18-7-4-8-19(15-21)27(18)20-12-16-5-3-6-17(11-16)13-20/h1-2,9-10,16-21H,3-8,11-15H2,(H,26,29)/t16-,17+,18-,19+,20?,21?. The Balaban J connectivity index is 1.33. The van der Waals surface area contributed by atoms with Crippen molar-refractivity contribution in [3.8, 4) is 0 Å². The van der Waals surface area contributed by atoms with Crippen LogP contribution in [0.1, 0.15) is 76.7 Å². The molecule has 4 bridgehead atoms. The number of para-hydroxylation sites is 2. The van der Waals surface area contributed by atoms with Gasteiger partial charge in [-0.25, -0.2) is 0 Å². The van der Waals surface area contributed by atoms with E-state index in [0.717, 1.165) is 41.8 Å². The predicted molar refractivity (Wildman–Crippen MR) is 119 cm³/mol. The SMILES string of the molecule is O=c1[nH]c2ccccc2n(C2C[C@H]3CCC[C@@H](C2)N3C2C[C@H]3CCC[C@@H](C2)C3)c1=O. The number of fused-ring (bicyclic) bond motifs is 5. The second-order valence-corrected chi connectivity index (χ2v) is 10.5. The lowest BCUT2D eigenvalue weighted by Gasteiger charge is -2.55. The molecule has 4 fully saturated rings. The summed E-state index contributed by atoms with van der Waals surface area (Å²) >= 11 is 0. The number of benzene rings is 1. The molecule has 5 heteroatoms. The fourth-order valence-electron chi connectivity index (χ4n) is 7.68. The van der Waals surface area contributed by atoms with E-state index in [1.807, 2.05) is 28.8 Å². The quantitative estimate of drug-likeness (QED) is 0.759. The van der Waals surface area contributed by atoms with Crippen molar-refractivity contribution >= 4 is 11.0 Å². The normalized spacial score (nSPS) is 36.7. The molecule has 4 aliphatic rings. The van der Waals surface area contributed by atoms with Crippen LogP contribution in [0.2, 0.25) is 0 Å². The summed E-state index contributed by atoms with van der Waals surface area (Å²) in [4.78, 5) is 31.0. The molecule has 2 aromatic rings. The topological polar surface area (TPSA) is 58.1 Å². The minimum atomic E-state index is -0.485. The first-order chi connectivity index (χ1) is 14.7. The molecular weight excluding hydrogens is 374 g/mol. The summed E-state index contributed by atoms with van der Waals surface area (Å²) in [6.45, 7) is 0. The molecule has 2 unspecified atom stereocenters. The summed E-state index contributed by atoms with van der Waals surface area (Å²) in [5, 5.41) is 0. The van der Waals surface area contributed by atoms with E-state index in [1.165, 1.54) is 57.8 Å². The van der Waals surface area contributed by atoms with Gasteiger partial charge in [0.05, 0.1) is 11.0 Å². The highest BCUT2D eigenvalue weighted by Crippen LogP contribution is 2.47. The minimum absolute atomic E-state index is 0.138. The number of hydrogen-bond donors (Lipinski definition) is 1. The molecule has 1 aromatic carbocycles. The Bertz CT molecular complexity index is 1030. The molecular formula is C25H33N3O2. The maximum atomic E-state index is 12.9. The second kappa shape index (κ2) is 7.37. The smallest absolute Gasteiger partial charge is 0.316 e. The first kappa shape index (κ1) is 18.9. The third kappa shape index (κ3) is 3.08. The predicted octanol–water partition coefficient (Wildman–Crippen LogP) is 4.22. The monoisotopic (exact) mass is 407 g/mol. The van der Waals surface area contributed by atoms with Gasteiger partial charge >= 0.3 is 11.1 Å². The van der Waals surface area contributed by atoms with Crippen LogP contribution in [-0.4, -0.2) is 32.6 Å². The summed E-state index contributed by atoms with van der Waals surface area (Å²) in [6, 6.07) is 9.79. The molecule has 3 heterocycles. The van der Waals surface area contributed by atoms with E-state index in [4.69, 9.17) is 0 Å². The molecule has 2 saturated heterocycles. The lowest BCUT2D eigenvalue weighted by Crippen LogP contribution is -2.59. The van der Waals surface area contributed by atoms with Gasteiger partial charge in [0.2, 0.25) is 0 Å². The summed E-state index contributed by atoms with van der Waals surface area (Å²) in [5.74, 6) is 1.89.